The molecule has 0 aliphatic heterocycles. The van der Waals surface area contributed by atoms with Gasteiger partial charge in [-0.25, -0.2) is 15.0 Å². The zero-order valence-electron chi connectivity index (χ0n) is 9.51. The molecule has 0 bridgehead atoms. The number of hydrogen-bond donors (Lipinski definition) is 1. The van der Waals surface area contributed by atoms with Crippen molar-refractivity contribution < 1.29 is 9.15 Å². The summed E-state index contributed by atoms with van der Waals surface area (Å²) in [6, 6.07) is 0. The number of methoxy groups -OCH3 is 1. The fraction of sp³-hybridized carbons (Fsp3) is 0.300. The van der Waals surface area contributed by atoms with Gasteiger partial charge in [0.25, 0.3) is 5.22 Å². The molecule has 2 aromatic heterocycles. The first-order valence-electron chi connectivity index (χ1n) is 5.05. The fourth-order valence-electron chi connectivity index (χ4n) is 1.25. The van der Waals surface area contributed by atoms with E-state index in [2.05, 4.69) is 20.3 Å². The zero-order chi connectivity index (χ0) is 12.1. The van der Waals surface area contributed by atoms with Crippen LogP contribution in [-0.2, 0) is 0 Å². The van der Waals surface area contributed by atoms with E-state index in [1.807, 2.05) is 6.92 Å². The first-order chi connectivity index (χ1) is 8.35. The van der Waals surface area contributed by atoms with Gasteiger partial charge in [-0.3, -0.25) is 0 Å². The van der Waals surface area contributed by atoms with Crippen molar-refractivity contribution in [1.82, 2.24) is 15.0 Å². The average Bonchev–Trinajstić information content (AvgIpc) is 2.83. The van der Waals surface area contributed by atoms with Crippen LogP contribution in [0.25, 0.3) is 0 Å². The van der Waals surface area contributed by atoms with E-state index in [-0.39, 0.29) is 0 Å². The fourth-order valence-corrected chi connectivity index (χ4v) is 2.01. The predicted octanol–water partition coefficient (Wildman–Crippen LogP) is 2.06. The van der Waals surface area contributed by atoms with Gasteiger partial charge in [0.15, 0.2) is 16.6 Å². The number of rotatable bonds is 5. The Morgan fingerprint density at radius 1 is 1.41 bits per heavy atom. The summed E-state index contributed by atoms with van der Waals surface area (Å²) >= 11 is 1.29. The highest BCUT2D eigenvalue weighted by molar-refractivity contribution is 7.99. The van der Waals surface area contributed by atoms with Gasteiger partial charge in [0.2, 0.25) is 0 Å². The molecule has 7 heteroatoms. The maximum absolute atomic E-state index is 5.30. The third kappa shape index (κ3) is 2.68. The van der Waals surface area contributed by atoms with Crippen molar-refractivity contribution in [3.8, 4) is 5.75 Å². The van der Waals surface area contributed by atoms with Crippen LogP contribution in [0.2, 0.25) is 0 Å². The minimum Gasteiger partial charge on any atom is -0.490 e. The standard InChI is InChI=1S/C10H12N4O2S/c1-3-11-8-7(15-2)9(14-6-13-8)17-10-12-4-5-16-10/h4-6H,3H2,1-2H3,(H,11,13,14). The Kier molecular flexibility index (Phi) is 3.81. The maximum Gasteiger partial charge on any atom is 0.262 e. The van der Waals surface area contributed by atoms with Gasteiger partial charge in [0.05, 0.1) is 13.3 Å². The highest BCUT2D eigenvalue weighted by Gasteiger charge is 2.14. The van der Waals surface area contributed by atoms with Crippen LogP contribution in [0.1, 0.15) is 6.92 Å². The zero-order valence-corrected chi connectivity index (χ0v) is 10.3. The Balaban J connectivity index is 2.29. The summed E-state index contributed by atoms with van der Waals surface area (Å²) in [7, 11) is 1.58. The Bertz CT molecular complexity index is 475. The van der Waals surface area contributed by atoms with E-state index in [0.29, 0.717) is 21.8 Å². The van der Waals surface area contributed by atoms with E-state index in [1.54, 1.807) is 13.3 Å². The van der Waals surface area contributed by atoms with Gasteiger partial charge in [-0.2, -0.15) is 0 Å². The summed E-state index contributed by atoms with van der Waals surface area (Å²) in [6.07, 6.45) is 4.58. The highest BCUT2D eigenvalue weighted by Crippen LogP contribution is 2.35. The average molecular weight is 252 g/mol. The Labute approximate surface area is 103 Å². The molecule has 0 aromatic carbocycles. The van der Waals surface area contributed by atoms with E-state index in [4.69, 9.17) is 9.15 Å². The lowest BCUT2D eigenvalue weighted by molar-refractivity contribution is 0.399. The molecule has 1 N–H and O–H groups in total. The molecule has 90 valence electrons. The number of nitrogens with zero attached hydrogens (tertiary/aromatic N) is 3. The molecule has 0 amide bonds. The minimum atomic E-state index is 0.518. The van der Waals surface area contributed by atoms with Gasteiger partial charge in [-0.05, 0) is 18.7 Å². The van der Waals surface area contributed by atoms with Crippen LogP contribution in [0, 0.1) is 0 Å². The molecule has 6 nitrogen and oxygen atoms in total. The molecule has 0 atom stereocenters. The van der Waals surface area contributed by atoms with Crippen LogP contribution in [0.5, 0.6) is 5.75 Å². The van der Waals surface area contributed by atoms with Crippen LogP contribution in [0.4, 0.5) is 5.82 Å². The third-order valence-electron chi connectivity index (χ3n) is 1.91. The first kappa shape index (κ1) is 11.7. The minimum absolute atomic E-state index is 0.518. The molecular formula is C10H12N4O2S. The van der Waals surface area contributed by atoms with Crippen LogP contribution in [0.15, 0.2) is 33.5 Å². The molecule has 0 saturated carbocycles. The molecule has 0 aliphatic rings. The van der Waals surface area contributed by atoms with Crippen molar-refractivity contribution in [3.63, 3.8) is 0 Å². The molecule has 0 fully saturated rings. The molecule has 0 radical (unpaired) electrons. The lowest BCUT2D eigenvalue weighted by atomic mass is 10.5. The molecule has 0 unspecified atom stereocenters. The van der Waals surface area contributed by atoms with Gasteiger partial charge in [-0.1, -0.05) is 0 Å². The largest absolute Gasteiger partial charge is 0.490 e. The molecular weight excluding hydrogens is 240 g/mol. The number of aromatic nitrogens is 3. The van der Waals surface area contributed by atoms with E-state index in [1.165, 1.54) is 24.4 Å². The quantitative estimate of drug-likeness (QED) is 0.816. The summed E-state index contributed by atoms with van der Waals surface area (Å²) < 4.78 is 10.5. The number of anilines is 1. The maximum atomic E-state index is 5.30. The number of nitrogens with one attached hydrogen (secondary N) is 1. The summed E-state index contributed by atoms with van der Waals surface area (Å²) in [4.78, 5) is 12.3. The molecule has 0 saturated heterocycles. The van der Waals surface area contributed by atoms with E-state index in [0.717, 1.165) is 6.54 Å². The molecule has 2 aromatic rings. The lowest BCUT2D eigenvalue weighted by Gasteiger charge is -2.10. The molecule has 0 spiro atoms. The van der Waals surface area contributed by atoms with Crippen LogP contribution < -0.4 is 10.1 Å². The topological polar surface area (TPSA) is 73.1 Å². The van der Waals surface area contributed by atoms with Crippen molar-refractivity contribution in [3.05, 3.63) is 18.8 Å². The Morgan fingerprint density at radius 2 is 2.29 bits per heavy atom. The van der Waals surface area contributed by atoms with Gasteiger partial charge >= 0.3 is 0 Å². The van der Waals surface area contributed by atoms with Crippen molar-refractivity contribution in [2.75, 3.05) is 19.0 Å². The van der Waals surface area contributed by atoms with E-state index in [9.17, 15) is 0 Å². The molecule has 2 rings (SSSR count). The summed E-state index contributed by atoms with van der Waals surface area (Å²) in [5.41, 5.74) is 0. The van der Waals surface area contributed by atoms with Gasteiger partial charge in [-0.15, -0.1) is 0 Å². The van der Waals surface area contributed by atoms with Crippen LogP contribution >= 0.6 is 11.8 Å². The van der Waals surface area contributed by atoms with Crippen molar-refractivity contribution in [2.45, 2.75) is 17.2 Å². The second-order valence-corrected chi connectivity index (χ2v) is 3.93. The number of ether oxygens (including phenoxy) is 1. The molecule has 17 heavy (non-hydrogen) atoms. The first-order valence-corrected chi connectivity index (χ1v) is 5.87. The summed E-state index contributed by atoms with van der Waals surface area (Å²) in [5, 5.41) is 4.29. The summed E-state index contributed by atoms with van der Waals surface area (Å²) in [6.45, 7) is 2.75. The third-order valence-corrected chi connectivity index (χ3v) is 2.77. The van der Waals surface area contributed by atoms with Crippen LogP contribution in [-0.4, -0.2) is 28.6 Å². The normalized spacial score (nSPS) is 10.2. The summed E-state index contributed by atoms with van der Waals surface area (Å²) in [5.74, 6) is 1.26. The Morgan fingerprint density at radius 3 is 2.94 bits per heavy atom. The van der Waals surface area contributed by atoms with Crippen molar-refractivity contribution >= 4 is 17.6 Å². The van der Waals surface area contributed by atoms with Gasteiger partial charge < -0.3 is 14.5 Å². The van der Waals surface area contributed by atoms with Crippen molar-refractivity contribution in [2.24, 2.45) is 0 Å². The van der Waals surface area contributed by atoms with E-state index >= 15 is 0 Å². The second-order valence-electron chi connectivity index (χ2n) is 2.99. The number of hydrogen-bond acceptors (Lipinski definition) is 7. The van der Waals surface area contributed by atoms with Crippen molar-refractivity contribution in [1.29, 1.82) is 0 Å². The molecule has 0 aliphatic carbocycles. The van der Waals surface area contributed by atoms with Gasteiger partial charge in [0.1, 0.15) is 12.6 Å². The predicted molar refractivity (Wildman–Crippen MR) is 63.4 cm³/mol. The SMILES string of the molecule is CCNc1ncnc(Sc2ncco2)c1OC. The van der Waals surface area contributed by atoms with Crippen LogP contribution in [0.3, 0.4) is 0 Å². The Hall–Kier alpha value is -1.76. The van der Waals surface area contributed by atoms with Gasteiger partial charge in [0, 0.05) is 6.54 Å². The number of oxazole rings is 1. The molecule has 2 heterocycles. The second kappa shape index (κ2) is 5.53. The monoisotopic (exact) mass is 252 g/mol. The smallest absolute Gasteiger partial charge is 0.262 e. The lowest BCUT2D eigenvalue weighted by Crippen LogP contribution is -2.03. The highest BCUT2D eigenvalue weighted by atomic mass is 32.2. The van der Waals surface area contributed by atoms with E-state index < -0.39 is 0 Å².